The van der Waals surface area contributed by atoms with E-state index in [1.807, 2.05) is 0 Å². The largest absolute Gasteiger partial charge is 0.507 e. The third-order valence-electron chi connectivity index (χ3n) is 2.70. The zero-order chi connectivity index (χ0) is 15.2. The summed E-state index contributed by atoms with van der Waals surface area (Å²) in [6.07, 6.45) is 2.32. The van der Waals surface area contributed by atoms with E-state index in [0.717, 1.165) is 6.08 Å². The Bertz CT molecular complexity index is 710. The average Bonchev–Trinajstić information content (AvgIpc) is 2.46. The van der Waals surface area contributed by atoms with E-state index in [2.05, 4.69) is 5.32 Å². The van der Waals surface area contributed by atoms with Crippen molar-refractivity contribution in [3.8, 4) is 5.75 Å². The summed E-state index contributed by atoms with van der Waals surface area (Å²) in [6.45, 7) is 0. The normalized spacial score (nSPS) is 10.5. The lowest BCUT2D eigenvalue weighted by molar-refractivity contribution is -0.115. The average molecular weight is 285 g/mol. The van der Waals surface area contributed by atoms with E-state index in [-0.39, 0.29) is 16.9 Å². The molecule has 2 aromatic rings. The van der Waals surface area contributed by atoms with Crippen molar-refractivity contribution >= 4 is 17.9 Å². The van der Waals surface area contributed by atoms with Gasteiger partial charge >= 0.3 is 0 Å². The zero-order valence-corrected chi connectivity index (χ0v) is 10.9. The van der Waals surface area contributed by atoms with Gasteiger partial charge in [-0.2, -0.15) is 0 Å². The number of hydrogen-bond donors (Lipinski definition) is 2. The molecule has 0 radical (unpaired) electrons. The molecule has 5 heteroatoms. The highest BCUT2D eigenvalue weighted by atomic mass is 19.1. The Labute approximate surface area is 120 Å². The maximum Gasteiger partial charge on any atom is 0.261 e. The van der Waals surface area contributed by atoms with Crippen molar-refractivity contribution in [1.82, 2.24) is 5.32 Å². The number of hydrogen-bond acceptors (Lipinski definition) is 3. The fourth-order valence-corrected chi connectivity index (χ4v) is 1.66. The summed E-state index contributed by atoms with van der Waals surface area (Å²) < 4.78 is 13.3. The molecule has 106 valence electrons. The molecule has 2 amide bonds. The first-order valence-electron chi connectivity index (χ1n) is 6.14. The molecule has 0 saturated carbocycles. The van der Waals surface area contributed by atoms with Crippen molar-refractivity contribution in [3.05, 3.63) is 71.6 Å². The van der Waals surface area contributed by atoms with Crippen molar-refractivity contribution in [3.63, 3.8) is 0 Å². The van der Waals surface area contributed by atoms with Gasteiger partial charge in [-0.05, 0) is 24.3 Å². The Hall–Kier alpha value is -2.95. The number of nitrogens with one attached hydrogen (secondary N) is 1. The van der Waals surface area contributed by atoms with Crippen LogP contribution in [0.4, 0.5) is 4.39 Å². The summed E-state index contributed by atoms with van der Waals surface area (Å²) in [5.41, 5.74) is 0.229. The lowest BCUT2D eigenvalue weighted by Crippen LogP contribution is -2.28. The highest BCUT2D eigenvalue weighted by Crippen LogP contribution is 2.15. The van der Waals surface area contributed by atoms with Crippen LogP contribution in [-0.4, -0.2) is 16.9 Å². The maximum atomic E-state index is 13.3. The topological polar surface area (TPSA) is 66.4 Å². The van der Waals surface area contributed by atoms with Gasteiger partial charge in [-0.3, -0.25) is 14.9 Å². The summed E-state index contributed by atoms with van der Waals surface area (Å²) in [6, 6.07) is 11.8. The lowest BCUT2D eigenvalue weighted by Gasteiger charge is -2.03. The Morgan fingerprint density at radius 3 is 2.43 bits per heavy atom. The molecule has 0 saturated heterocycles. The van der Waals surface area contributed by atoms with Crippen molar-refractivity contribution in [2.24, 2.45) is 0 Å². The number of para-hydroxylation sites is 1. The summed E-state index contributed by atoms with van der Waals surface area (Å²) in [5.74, 6) is -2.11. The highest BCUT2D eigenvalue weighted by molar-refractivity contribution is 6.10. The molecule has 2 N–H and O–H groups in total. The van der Waals surface area contributed by atoms with Crippen LogP contribution in [0.25, 0.3) is 6.08 Å². The highest BCUT2D eigenvalue weighted by Gasteiger charge is 2.11. The van der Waals surface area contributed by atoms with Crippen LogP contribution in [0, 0.1) is 5.82 Å². The van der Waals surface area contributed by atoms with Crippen LogP contribution in [0.15, 0.2) is 54.6 Å². The standard InChI is InChI=1S/C16H12FNO3/c17-13-7-3-1-5-11(13)9-10-15(20)18-16(21)12-6-2-4-8-14(12)19/h1-10,19H,(H,18,20,21)/b10-9+. The summed E-state index contributed by atoms with van der Waals surface area (Å²) in [7, 11) is 0. The second-order valence-electron chi connectivity index (χ2n) is 4.19. The molecule has 2 rings (SSSR count). The fourth-order valence-electron chi connectivity index (χ4n) is 1.66. The number of benzene rings is 2. The van der Waals surface area contributed by atoms with Gasteiger partial charge in [0.25, 0.3) is 11.8 Å². The molecule has 0 aliphatic heterocycles. The van der Waals surface area contributed by atoms with E-state index in [1.54, 1.807) is 18.2 Å². The van der Waals surface area contributed by atoms with Gasteiger partial charge in [-0.1, -0.05) is 30.3 Å². The van der Waals surface area contributed by atoms with Crippen molar-refractivity contribution in [2.45, 2.75) is 0 Å². The van der Waals surface area contributed by atoms with E-state index >= 15 is 0 Å². The minimum atomic E-state index is -0.726. The predicted molar refractivity (Wildman–Crippen MR) is 76.0 cm³/mol. The molecule has 4 nitrogen and oxygen atoms in total. The van der Waals surface area contributed by atoms with Gasteiger partial charge in [0.1, 0.15) is 11.6 Å². The molecule has 0 fully saturated rings. The minimum Gasteiger partial charge on any atom is -0.507 e. The van der Waals surface area contributed by atoms with Gasteiger partial charge in [0, 0.05) is 11.6 Å². The Morgan fingerprint density at radius 1 is 1.05 bits per heavy atom. The third-order valence-corrected chi connectivity index (χ3v) is 2.70. The first kappa shape index (κ1) is 14.5. The molecule has 0 bridgehead atoms. The van der Waals surface area contributed by atoms with Crippen LogP contribution in [0.2, 0.25) is 0 Å². The maximum absolute atomic E-state index is 13.3. The number of aromatic hydroxyl groups is 1. The molecule has 2 aromatic carbocycles. The summed E-state index contributed by atoms with van der Waals surface area (Å²) in [5, 5.41) is 11.6. The number of amides is 2. The summed E-state index contributed by atoms with van der Waals surface area (Å²) >= 11 is 0. The number of rotatable bonds is 3. The Balaban J connectivity index is 2.04. The number of phenols is 1. The molecule has 0 aliphatic carbocycles. The van der Waals surface area contributed by atoms with Crippen LogP contribution in [0.5, 0.6) is 5.75 Å². The fraction of sp³-hybridized carbons (Fsp3) is 0. The molecule has 0 spiro atoms. The van der Waals surface area contributed by atoms with Crippen LogP contribution < -0.4 is 5.32 Å². The first-order chi connectivity index (χ1) is 10.1. The lowest BCUT2D eigenvalue weighted by atomic mass is 10.2. The number of halogens is 1. The van der Waals surface area contributed by atoms with E-state index < -0.39 is 17.6 Å². The van der Waals surface area contributed by atoms with Gasteiger partial charge < -0.3 is 5.11 Å². The van der Waals surface area contributed by atoms with Gasteiger partial charge in [-0.25, -0.2) is 4.39 Å². The summed E-state index contributed by atoms with van der Waals surface area (Å²) in [4.78, 5) is 23.4. The Morgan fingerprint density at radius 2 is 1.71 bits per heavy atom. The van der Waals surface area contributed by atoms with Gasteiger partial charge in [0.05, 0.1) is 5.56 Å². The molecule has 0 heterocycles. The molecule has 21 heavy (non-hydrogen) atoms. The third kappa shape index (κ3) is 3.76. The monoisotopic (exact) mass is 285 g/mol. The molecule has 0 unspecified atom stereocenters. The minimum absolute atomic E-state index is 0.00913. The van der Waals surface area contributed by atoms with Crippen molar-refractivity contribution < 1.29 is 19.1 Å². The van der Waals surface area contributed by atoms with Crippen LogP contribution in [-0.2, 0) is 4.79 Å². The van der Waals surface area contributed by atoms with E-state index in [4.69, 9.17) is 0 Å². The quantitative estimate of drug-likeness (QED) is 0.851. The van der Waals surface area contributed by atoms with Gasteiger partial charge in [-0.15, -0.1) is 0 Å². The SMILES string of the molecule is O=C(/C=C/c1ccccc1F)NC(=O)c1ccccc1O. The van der Waals surface area contributed by atoms with Gasteiger partial charge in [0.2, 0.25) is 0 Å². The van der Waals surface area contributed by atoms with Gasteiger partial charge in [0.15, 0.2) is 0 Å². The molecular formula is C16H12FNO3. The van der Waals surface area contributed by atoms with E-state index in [9.17, 15) is 19.1 Å². The Kier molecular flexibility index (Phi) is 4.46. The number of phenolic OH excluding ortho intramolecular Hbond substituents is 1. The van der Waals surface area contributed by atoms with Crippen molar-refractivity contribution in [2.75, 3.05) is 0 Å². The van der Waals surface area contributed by atoms with Crippen LogP contribution in [0.1, 0.15) is 15.9 Å². The number of carbonyl (C=O) groups excluding carboxylic acids is 2. The van der Waals surface area contributed by atoms with Crippen LogP contribution >= 0.6 is 0 Å². The zero-order valence-electron chi connectivity index (χ0n) is 10.9. The second kappa shape index (κ2) is 6.47. The first-order valence-corrected chi connectivity index (χ1v) is 6.14. The van der Waals surface area contributed by atoms with E-state index in [0.29, 0.717) is 0 Å². The molecule has 0 atom stereocenters. The number of carbonyl (C=O) groups is 2. The molecular weight excluding hydrogens is 273 g/mol. The second-order valence-corrected chi connectivity index (χ2v) is 4.19. The molecule has 0 aliphatic rings. The molecule has 0 aromatic heterocycles. The smallest absolute Gasteiger partial charge is 0.261 e. The number of imide groups is 1. The van der Waals surface area contributed by atoms with Crippen LogP contribution in [0.3, 0.4) is 0 Å². The van der Waals surface area contributed by atoms with Crippen molar-refractivity contribution in [1.29, 1.82) is 0 Å². The predicted octanol–water partition coefficient (Wildman–Crippen LogP) is 2.50. The van der Waals surface area contributed by atoms with E-state index in [1.165, 1.54) is 36.4 Å².